The van der Waals surface area contributed by atoms with Crippen molar-refractivity contribution in [3.05, 3.63) is 95.6 Å². The minimum Gasteiger partial charge on any atom is -0.492 e. The Balaban J connectivity index is 1.26. The van der Waals surface area contributed by atoms with E-state index in [0.29, 0.717) is 18.7 Å². The van der Waals surface area contributed by atoms with Gasteiger partial charge in [0.2, 0.25) is 0 Å². The van der Waals surface area contributed by atoms with Gasteiger partial charge in [-0.25, -0.2) is 9.37 Å². The second-order valence-electron chi connectivity index (χ2n) is 8.41. The number of nitrogens with one attached hydrogen (secondary N) is 1. The van der Waals surface area contributed by atoms with Crippen LogP contribution in [0.5, 0.6) is 5.75 Å². The first-order valence-corrected chi connectivity index (χ1v) is 11.8. The van der Waals surface area contributed by atoms with Gasteiger partial charge in [-0.3, -0.25) is 4.79 Å². The van der Waals surface area contributed by atoms with Gasteiger partial charge in [0, 0.05) is 18.5 Å². The number of hydrogen-bond donors (Lipinski definition) is 1. The molecule has 0 saturated heterocycles. The average Bonchev–Trinajstić information content (AvgIpc) is 3.19. The highest BCUT2D eigenvalue weighted by molar-refractivity contribution is 5.94. The van der Waals surface area contributed by atoms with E-state index < -0.39 is 0 Å². The molecule has 176 valence electrons. The third-order valence-electron chi connectivity index (χ3n) is 5.78. The Hall–Kier alpha value is -3.67. The van der Waals surface area contributed by atoms with Crippen LogP contribution >= 0.6 is 0 Å². The summed E-state index contributed by atoms with van der Waals surface area (Å²) in [7, 11) is 0. The van der Waals surface area contributed by atoms with Gasteiger partial charge in [0.1, 0.15) is 24.0 Å². The van der Waals surface area contributed by atoms with Gasteiger partial charge in [0.15, 0.2) is 0 Å². The summed E-state index contributed by atoms with van der Waals surface area (Å²) in [5, 5.41) is 2.90. The zero-order valence-corrected chi connectivity index (χ0v) is 19.5. The molecule has 1 N–H and O–H groups in total. The first-order chi connectivity index (χ1) is 16.6. The highest BCUT2D eigenvalue weighted by Gasteiger charge is 2.11. The lowest BCUT2D eigenvalue weighted by Gasteiger charge is -2.11. The zero-order chi connectivity index (χ0) is 23.8. The lowest BCUT2D eigenvalue weighted by atomic mass is 10.1. The zero-order valence-electron chi connectivity index (χ0n) is 19.5. The molecule has 3 aromatic carbocycles. The number of rotatable bonds is 11. The minimum absolute atomic E-state index is 0.171. The summed E-state index contributed by atoms with van der Waals surface area (Å²) >= 11 is 0. The monoisotopic (exact) mass is 459 g/mol. The fourth-order valence-electron chi connectivity index (χ4n) is 4.02. The van der Waals surface area contributed by atoms with Crippen LogP contribution in [0.3, 0.4) is 0 Å². The van der Waals surface area contributed by atoms with Gasteiger partial charge in [-0.15, -0.1) is 0 Å². The number of carbonyl (C=O) groups is 1. The number of halogens is 1. The van der Waals surface area contributed by atoms with Crippen LogP contribution in [0.1, 0.15) is 41.0 Å². The van der Waals surface area contributed by atoms with E-state index in [9.17, 15) is 9.18 Å². The molecule has 34 heavy (non-hydrogen) atoms. The van der Waals surface area contributed by atoms with Crippen LogP contribution in [0.4, 0.5) is 4.39 Å². The lowest BCUT2D eigenvalue weighted by Crippen LogP contribution is -2.24. The summed E-state index contributed by atoms with van der Waals surface area (Å²) in [6, 6.07) is 21.9. The molecular formula is C28H30FN3O2. The van der Waals surface area contributed by atoms with Crippen molar-refractivity contribution in [2.75, 3.05) is 13.2 Å². The molecule has 0 fully saturated rings. The van der Waals surface area contributed by atoms with Crippen molar-refractivity contribution in [2.45, 2.75) is 39.2 Å². The fourth-order valence-corrected chi connectivity index (χ4v) is 4.02. The Morgan fingerprint density at radius 1 is 1.00 bits per heavy atom. The molecule has 1 aromatic heterocycles. The number of aromatic nitrogens is 2. The third-order valence-corrected chi connectivity index (χ3v) is 5.78. The molecule has 0 bridgehead atoms. The van der Waals surface area contributed by atoms with Gasteiger partial charge < -0.3 is 14.6 Å². The second kappa shape index (κ2) is 11.5. The van der Waals surface area contributed by atoms with Crippen molar-refractivity contribution in [3.63, 3.8) is 0 Å². The lowest BCUT2D eigenvalue weighted by molar-refractivity contribution is 0.0953. The highest BCUT2D eigenvalue weighted by Crippen LogP contribution is 2.19. The number of amides is 1. The van der Waals surface area contributed by atoms with Gasteiger partial charge in [-0.1, -0.05) is 30.7 Å². The second-order valence-corrected chi connectivity index (χ2v) is 8.41. The van der Waals surface area contributed by atoms with E-state index in [1.165, 1.54) is 29.8 Å². The molecule has 0 unspecified atom stereocenters. The van der Waals surface area contributed by atoms with E-state index in [-0.39, 0.29) is 11.7 Å². The molecule has 4 rings (SSSR count). The van der Waals surface area contributed by atoms with E-state index >= 15 is 0 Å². The number of fused-ring (bicyclic) bond motifs is 1. The van der Waals surface area contributed by atoms with Crippen LogP contribution in [0.15, 0.2) is 72.8 Å². The molecule has 5 nitrogen and oxygen atoms in total. The van der Waals surface area contributed by atoms with Crippen LogP contribution in [-0.2, 0) is 13.0 Å². The topological polar surface area (TPSA) is 56.1 Å². The summed E-state index contributed by atoms with van der Waals surface area (Å²) in [4.78, 5) is 17.0. The number of unbranched alkanes of at least 4 members (excludes halogenated alkanes) is 2. The number of ether oxygens (including phenoxy) is 1. The van der Waals surface area contributed by atoms with Crippen LogP contribution in [0.2, 0.25) is 0 Å². The normalized spacial score (nSPS) is 11.0. The van der Waals surface area contributed by atoms with Crippen molar-refractivity contribution in [2.24, 2.45) is 0 Å². The number of carbonyl (C=O) groups excluding carboxylic acids is 1. The summed E-state index contributed by atoms with van der Waals surface area (Å²) in [5.41, 5.74) is 3.78. The largest absolute Gasteiger partial charge is 0.492 e. The number of benzene rings is 3. The Labute approximate surface area is 199 Å². The predicted molar refractivity (Wildman–Crippen MR) is 133 cm³/mol. The molecule has 0 aliphatic heterocycles. The standard InChI is InChI=1S/C28H30FN3O2/c1-21-8-7-9-24(20-21)34-19-18-32-26-11-5-4-10-25(26)31-27(32)12-3-2-6-17-30-28(33)22-13-15-23(29)16-14-22/h4-5,7-11,13-16,20H,2-3,6,12,17-19H2,1H3,(H,30,33). The molecule has 1 amide bonds. The number of para-hydroxylation sites is 2. The van der Waals surface area contributed by atoms with Gasteiger partial charge in [-0.05, 0) is 73.9 Å². The number of aryl methyl sites for hydroxylation is 2. The van der Waals surface area contributed by atoms with Gasteiger partial charge in [-0.2, -0.15) is 0 Å². The number of hydrogen-bond acceptors (Lipinski definition) is 3. The average molecular weight is 460 g/mol. The van der Waals surface area contributed by atoms with Crippen molar-refractivity contribution in [3.8, 4) is 5.75 Å². The van der Waals surface area contributed by atoms with Crippen molar-refractivity contribution in [1.82, 2.24) is 14.9 Å². The summed E-state index contributed by atoms with van der Waals surface area (Å²) in [6.45, 7) is 3.96. The van der Waals surface area contributed by atoms with E-state index in [1.54, 1.807) is 0 Å². The molecule has 0 aliphatic carbocycles. The van der Waals surface area contributed by atoms with E-state index in [2.05, 4.69) is 28.9 Å². The molecule has 0 aliphatic rings. The van der Waals surface area contributed by atoms with Crippen LogP contribution < -0.4 is 10.1 Å². The number of imidazole rings is 1. The number of nitrogens with zero attached hydrogens (tertiary/aromatic N) is 2. The SMILES string of the molecule is Cc1cccc(OCCn2c(CCCCCNC(=O)c3ccc(F)cc3)nc3ccccc32)c1. The fraction of sp³-hybridized carbons (Fsp3) is 0.286. The van der Waals surface area contributed by atoms with Crippen molar-refractivity contribution < 1.29 is 13.9 Å². The summed E-state index contributed by atoms with van der Waals surface area (Å²) in [5.74, 6) is 1.43. The molecule has 4 aromatic rings. The molecule has 0 atom stereocenters. The minimum atomic E-state index is -0.343. The van der Waals surface area contributed by atoms with Gasteiger partial charge in [0.25, 0.3) is 5.91 Å². The quantitative estimate of drug-likeness (QED) is 0.293. The maximum Gasteiger partial charge on any atom is 0.251 e. The predicted octanol–water partition coefficient (Wildman–Crippen LogP) is 5.71. The summed E-state index contributed by atoms with van der Waals surface area (Å²) in [6.07, 6.45) is 3.70. The van der Waals surface area contributed by atoms with Crippen molar-refractivity contribution in [1.29, 1.82) is 0 Å². The first kappa shape index (κ1) is 23.5. The smallest absolute Gasteiger partial charge is 0.251 e. The highest BCUT2D eigenvalue weighted by atomic mass is 19.1. The third kappa shape index (κ3) is 6.22. The maximum absolute atomic E-state index is 13.0. The molecule has 0 spiro atoms. The van der Waals surface area contributed by atoms with Crippen molar-refractivity contribution >= 4 is 16.9 Å². The van der Waals surface area contributed by atoms with E-state index in [0.717, 1.165) is 54.8 Å². The van der Waals surface area contributed by atoms with E-state index in [4.69, 9.17) is 9.72 Å². The van der Waals surface area contributed by atoms with E-state index in [1.807, 2.05) is 36.4 Å². The molecule has 1 heterocycles. The molecule has 0 saturated carbocycles. The maximum atomic E-state index is 13.0. The summed E-state index contributed by atoms with van der Waals surface area (Å²) < 4.78 is 21.2. The Morgan fingerprint density at radius 2 is 1.82 bits per heavy atom. The molecule has 6 heteroatoms. The van der Waals surface area contributed by atoms with Gasteiger partial charge in [0.05, 0.1) is 17.6 Å². The van der Waals surface area contributed by atoms with Crippen LogP contribution in [0.25, 0.3) is 11.0 Å². The van der Waals surface area contributed by atoms with Crippen LogP contribution in [0, 0.1) is 12.7 Å². The Bertz CT molecular complexity index is 1230. The first-order valence-electron chi connectivity index (χ1n) is 11.8. The Morgan fingerprint density at radius 3 is 2.65 bits per heavy atom. The molecule has 0 radical (unpaired) electrons. The Kier molecular flexibility index (Phi) is 7.91. The van der Waals surface area contributed by atoms with Gasteiger partial charge >= 0.3 is 0 Å². The molecular weight excluding hydrogens is 429 g/mol. The van der Waals surface area contributed by atoms with Crippen LogP contribution in [-0.4, -0.2) is 28.6 Å².